The number of hydrogen-bond donors (Lipinski definition) is 5. The molecule has 0 bridgehead atoms. The molecule has 0 spiro atoms. The summed E-state index contributed by atoms with van der Waals surface area (Å²) in [7, 11) is 1.60. The van der Waals surface area contributed by atoms with Crippen LogP contribution in [0.3, 0.4) is 0 Å². The van der Waals surface area contributed by atoms with E-state index in [0.717, 1.165) is 29.7 Å². The third-order valence-electron chi connectivity index (χ3n) is 12.4. The highest BCUT2D eigenvalue weighted by molar-refractivity contribution is 5.96. The molecule has 2 aromatic rings. The molecular formula is C50H72N6O9. The van der Waals surface area contributed by atoms with Crippen LogP contribution in [0.4, 0.5) is 4.79 Å². The monoisotopic (exact) mass is 901 g/mol. The van der Waals surface area contributed by atoms with Gasteiger partial charge in [0.1, 0.15) is 24.2 Å². The van der Waals surface area contributed by atoms with Crippen LogP contribution in [-0.2, 0) is 46.6 Å². The number of likely N-dealkylation sites (N-methyl/N-ethyl adjacent to an activating group) is 1. The van der Waals surface area contributed by atoms with Crippen LogP contribution in [0.1, 0.15) is 103 Å². The average Bonchev–Trinajstić information content (AvgIpc) is 3.30. The molecule has 4 rings (SSSR count). The van der Waals surface area contributed by atoms with E-state index >= 15 is 0 Å². The zero-order valence-corrected chi connectivity index (χ0v) is 38.8. The van der Waals surface area contributed by atoms with Crippen molar-refractivity contribution in [1.82, 2.24) is 31.1 Å². The van der Waals surface area contributed by atoms with Crippen molar-refractivity contribution < 1.29 is 43.3 Å². The van der Waals surface area contributed by atoms with Gasteiger partial charge < -0.3 is 45.6 Å². The Balaban J connectivity index is 1.83. The van der Waals surface area contributed by atoms with Crippen LogP contribution in [0.25, 0.3) is 0 Å². The quantitative estimate of drug-likeness (QED) is 0.120. The van der Waals surface area contributed by atoms with Gasteiger partial charge in [-0.1, -0.05) is 105 Å². The molecule has 5 N–H and O–H groups in total. The number of nitrogens with one attached hydrogen (secondary N) is 4. The Kier molecular flexibility index (Phi) is 21.7. The normalized spacial score (nSPS) is 25.1. The second-order valence-electron chi connectivity index (χ2n) is 17.5. The molecule has 65 heavy (non-hydrogen) atoms. The zero-order chi connectivity index (χ0) is 47.3. The van der Waals surface area contributed by atoms with Crippen molar-refractivity contribution in [2.75, 3.05) is 20.2 Å². The van der Waals surface area contributed by atoms with Gasteiger partial charge in [-0.05, 0) is 75.8 Å². The molecule has 1 saturated heterocycles. The lowest BCUT2D eigenvalue weighted by Crippen LogP contribution is -2.63. The Hall–Kier alpha value is -5.54. The molecule has 356 valence electrons. The van der Waals surface area contributed by atoms with Crippen molar-refractivity contribution in [2.45, 2.75) is 147 Å². The maximum absolute atomic E-state index is 14.8. The lowest BCUT2D eigenvalue weighted by Gasteiger charge is -2.36. The molecule has 2 fully saturated rings. The maximum Gasteiger partial charge on any atom is 0.407 e. The van der Waals surface area contributed by atoms with Gasteiger partial charge in [0.05, 0.1) is 37.9 Å². The summed E-state index contributed by atoms with van der Waals surface area (Å²) in [5, 5.41) is 22.1. The summed E-state index contributed by atoms with van der Waals surface area (Å²) in [5.41, 5.74) is 1.49. The maximum atomic E-state index is 14.8. The SMILES string of the molecule is C=CCC[C@H]1OC[C@@H](C)NC(=O)[C@H]([C@H](C)OCc2ccccc2)NC(=O)[C@H](CN(Cc2ccccc2)C(=O)O)NC(=O)[C@H](C2CCCCC2)NC(=O)[C@H](CCC)N(C)C(=O)[C@@H]1CCC=C. The van der Waals surface area contributed by atoms with Crippen molar-refractivity contribution in [3.05, 3.63) is 97.1 Å². The standard InChI is InChI=1S/C50H72N6O9/c1-7-10-28-39-42(29-11-8-2)65-32-34(4)51-47(59)43(35(5)64-33-37-24-17-13-18-25-37)53-45(57)40(31-56(50(62)63)30-36-22-15-12-16-23-36)52-48(60)44(38-26-19-14-20-27-38)54-46(58)41(21-9-3)55(6)49(39)61/h7-8,12-13,15-18,22-25,34-35,38-44H,1-2,9-11,14,19-21,26-33H2,3-6H3,(H,51,59)(H,52,60)(H,53,57)(H,54,58)(H,62,63)/t34-,35+,39-,40+,41+,42-,43+,44+/m1/s1. The molecule has 0 radical (unpaired) electrons. The molecule has 15 heteroatoms. The van der Waals surface area contributed by atoms with Gasteiger partial charge in [0, 0.05) is 19.6 Å². The third-order valence-corrected chi connectivity index (χ3v) is 12.4. The summed E-state index contributed by atoms with van der Waals surface area (Å²) in [5.74, 6) is -3.91. The summed E-state index contributed by atoms with van der Waals surface area (Å²) in [4.78, 5) is 88.4. The molecule has 1 heterocycles. The smallest absolute Gasteiger partial charge is 0.407 e. The molecule has 2 aromatic carbocycles. The lowest BCUT2D eigenvalue weighted by molar-refractivity contribution is -0.148. The molecule has 0 unspecified atom stereocenters. The molecular weight excluding hydrogens is 829 g/mol. The van der Waals surface area contributed by atoms with Crippen molar-refractivity contribution >= 4 is 35.6 Å². The fourth-order valence-electron chi connectivity index (χ4n) is 8.63. The molecule has 1 saturated carbocycles. The van der Waals surface area contributed by atoms with E-state index in [0.29, 0.717) is 56.9 Å². The number of ether oxygens (including phenoxy) is 2. The Labute approximate surface area is 385 Å². The van der Waals surface area contributed by atoms with Gasteiger partial charge in [0.25, 0.3) is 0 Å². The van der Waals surface area contributed by atoms with E-state index < -0.39 is 84.6 Å². The Morgan fingerprint density at radius 3 is 2.09 bits per heavy atom. The molecule has 2 aliphatic rings. The van der Waals surface area contributed by atoms with Gasteiger partial charge in [-0.25, -0.2) is 4.79 Å². The fraction of sp³-hybridized carbons (Fsp3) is 0.560. The first kappa shape index (κ1) is 52.1. The van der Waals surface area contributed by atoms with Gasteiger partial charge >= 0.3 is 6.09 Å². The van der Waals surface area contributed by atoms with Crippen LogP contribution in [-0.4, -0.2) is 113 Å². The summed E-state index contributed by atoms with van der Waals surface area (Å²) in [6, 6.07) is 12.7. The minimum atomic E-state index is -1.52. The van der Waals surface area contributed by atoms with E-state index in [4.69, 9.17) is 9.47 Å². The first-order valence-corrected chi connectivity index (χ1v) is 23.3. The minimum absolute atomic E-state index is 0.00271. The summed E-state index contributed by atoms with van der Waals surface area (Å²) in [6.07, 6.45) is 7.23. The number of hydrogen-bond acceptors (Lipinski definition) is 8. The Morgan fingerprint density at radius 1 is 0.846 bits per heavy atom. The predicted octanol–water partition coefficient (Wildman–Crippen LogP) is 5.89. The molecule has 6 amide bonds. The van der Waals surface area contributed by atoms with E-state index in [1.165, 1.54) is 4.90 Å². The van der Waals surface area contributed by atoms with E-state index in [1.807, 2.05) is 37.3 Å². The molecule has 8 atom stereocenters. The van der Waals surface area contributed by atoms with Crippen LogP contribution < -0.4 is 21.3 Å². The number of allylic oxidation sites excluding steroid dienone is 2. The van der Waals surface area contributed by atoms with Crippen LogP contribution in [0.15, 0.2) is 86.0 Å². The number of rotatable bonds is 17. The minimum Gasteiger partial charge on any atom is -0.465 e. The van der Waals surface area contributed by atoms with Crippen molar-refractivity contribution in [3.63, 3.8) is 0 Å². The van der Waals surface area contributed by atoms with E-state index in [2.05, 4.69) is 34.4 Å². The highest BCUT2D eigenvalue weighted by Gasteiger charge is 2.40. The van der Waals surface area contributed by atoms with Gasteiger partial charge in [-0.3, -0.25) is 24.0 Å². The molecule has 1 aliphatic heterocycles. The topological polar surface area (TPSA) is 196 Å². The first-order chi connectivity index (χ1) is 31.3. The Morgan fingerprint density at radius 2 is 1.48 bits per heavy atom. The zero-order valence-electron chi connectivity index (χ0n) is 38.8. The number of benzene rings is 2. The van der Waals surface area contributed by atoms with Crippen LogP contribution in [0.5, 0.6) is 0 Å². The van der Waals surface area contributed by atoms with Gasteiger partial charge in [-0.2, -0.15) is 0 Å². The summed E-state index contributed by atoms with van der Waals surface area (Å²) in [6.45, 7) is 12.6. The molecule has 15 nitrogen and oxygen atoms in total. The number of amides is 6. The van der Waals surface area contributed by atoms with Crippen LogP contribution in [0.2, 0.25) is 0 Å². The fourth-order valence-corrected chi connectivity index (χ4v) is 8.63. The van der Waals surface area contributed by atoms with Crippen LogP contribution in [0, 0.1) is 11.8 Å². The van der Waals surface area contributed by atoms with Crippen molar-refractivity contribution in [1.29, 1.82) is 0 Å². The highest BCUT2D eigenvalue weighted by atomic mass is 16.5. The van der Waals surface area contributed by atoms with E-state index in [1.54, 1.807) is 63.4 Å². The van der Waals surface area contributed by atoms with Crippen LogP contribution >= 0.6 is 0 Å². The van der Waals surface area contributed by atoms with Crippen molar-refractivity contribution in [3.8, 4) is 0 Å². The van der Waals surface area contributed by atoms with E-state index in [-0.39, 0.29) is 31.6 Å². The highest BCUT2D eigenvalue weighted by Crippen LogP contribution is 2.28. The number of nitrogens with zero attached hydrogens (tertiary/aromatic N) is 2. The van der Waals surface area contributed by atoms with Gasteiger partial charge in [-0.15, -0.1) is 13.2 Å². The van der Waals surface area contributed by atoms with Gasteiger partial charge in [0.15, 0.2) is 0 Å². The first-order valence-electron chi connectivity index (χ1n) is 23.3. The molecule has 0 aromatic heterocycles. The summed E-state index contributed by atoms with van der Waals surface area (Å²) >= 11 is 0. The molecule has 1 aliphatic carbocycles. The second kappa shape index (κ2) is 27.1. The lowest BCUT2D eigenvalue weighted by atomic mass is 9.83. The van der Waals surface area contributed by atoms with Gasteiger partial charge in [0.2, 0.25) is 29.5 Å². The number of carboxylic acid groups (broad SMARTS) is 1. The Bertz CT molecular complexity index is 1860. The number of carbonyl (C=O) groups is 6. The number of carbonyl (C=O) groups excluding carboxylic acids is 5. The second-order valence-corrected chi connectivity index (χ2v) is 17.5. The predicted molar refractivity (Wildman–Crippen MR) is 249 cm³/mol. The summed E-state index contributed by atoms with van der Waals surface area (Å²) < 4.78 is 12.7. The third kappa shape index (κ3) is 16.1. The average molecular weight is 901 g/mol. The van der Waals surface area contributed by atoms with Crippen molar-refractivity contribution in [2.24, 2.45) is 11.8 Å². The largest absolute Gasteiger partial charge is 0.465 e. The van der Waals surface area contributed by atoms with E-state index in [9.17, 15) is 33.9 Å².